The largest absolute Gasteiger partial charge is 0.480 e. The van der Waals surface area contributed by atoms with Crippen LogP contribution in [0.5, 0.6) is 0 Å². The molecule has 0 unspecified atom stereocenters. The van der Waals surface area contributed by atoms with Gasteiger partial charge in [0, 0.05) is 1.37 Å². The van der Waals surface area contributed by atoms with Crippen LogP contribution >= 0.6 is 0 Å². The highest BCUT2D eigenvalue weighted by Gasteiger charge is 2.29. The van der Waals surface area contributed by atoms with Crippen molar-refractivity contribution in [2.75, 3.05) is 6.54 Å². The summed E-state index contributed by atoms with van der Waals surface area (Å²) in [6.07, 6.45) is 2.89. The Bertz CT molecular complexity index is 554. The molecule has 136 valence electrons. The lowest BCUT2D eigenvalue weighted by atomic mass is 9.84. The maximum atomic E-state index is 12.6. The van der Waals surface area contributed by atoms with Gasteiger partial charge in [0.2, 0.25) is 17.7 Å². The number of hydrogen-bond donors (Lipinski definition) is 5. The van der Waals surface area contributed by atoms with Crippen molar-refractivity contribution in [2.45, 2.75) is 57.0 Å². The summed E-state index contributed by atoms with van der Waals surface area (Å²) in [7, 11) is 0. The molecule has 0 saturated heterocycles. The maximum Gasteiger partial charge on any atom is 0.326 e. The second-order valence-electron chi connectivity index (χ2n) is 5.83. The molecule has 1 aliphatic carbocycles. The van der Waals surface area contributed by atoms with Crippen LogP contribution < -0.4 is 22.1 Å². The Kier molecular flexibility index (Phi) is 6.86. The standard InChI is InChI=1S/C15H26N4O5/c16-8-13(21)18-10(6-9-4-2-1-3-5-9)14(22)19-11(15(23)24)7-12(17)20/h9-11H,1-8,16H2,(H2,17,20)(H,18,21)(H,19,22)(H,23,24)/t10-,11-/m0/s1/i9D/hD. The van der Waals surface area contributed by atoms with Crippen LogP contribution in [0.15, 0.2) is 0 Å². The molecule has 1 saturated carbocycles. The van der Waals surface area contributed by atoms with Gasteiger partial charge in [-0.25, -0.2) is 4.79 Å². The number of carbonyl (C=O) groups excluding carboxylic acids is 3. The lowest BCUT2D eigenvalue weighted by Crippen LogP contribution is -2.53. The smallest absolute Gasteiger partial charge is 0.326 e. The minimum absolute atomic E-state index is 0.114. The van der Waals surface area contributed by atoms with Crippen molar-refractivity contribution in [1.82, 2.24) is 10.6 Å². The van der Waals surface area contributed by atoms with Crippen molar-refractivity contribution < 1.29 is 27.1 Å². The van der Waals surface area contributed by atoms with E-state index in [-0.39, 0.29) is 6.42 Å². The molecule has 1 aliphatic rings. The van der Waals surface area contributed by atoms with Crippen LogP contribution in [-0.4, -0.2) is 47.4 Å². The zero-order chi connectivity index (χ0) is 19.9. The third-order valence-electron chi connectivity index (χ3n) is 3.84. The zero-order valence-corrected chi connectivity index (χ0v) is 13.5. The van der Waals surface area contributed by atoms with E-state index in [1.807, 2.05) is 0 Å². The fourth-order valence-corrected chi connectivity index (χ4v) is 2.62. The summed E-state index contributed by atoms with van der Waals surface area (Å²) in [6.45, 7) is -0.498. The average Bonchev–Trinajstić information content (AvgIpc) is 2.57. The van der Waals surface area contributed by atoms with E-state index < -0.39 is 54.6 Å². The van der Waals surface area contributed by atoms with E-state index in [1.54, 1.807) is 0 Å². The minimum atomic E-state index is -1.57. The van der Waals surface area contributed by atoms with Gasteiger partial charge in [0.15, 0.2) is 1.41 Å². The number of amides is 3. The highest BCUT2D eigenvalue weighted by molar-refractivity contribution is 5.92. The molecule has 0 aliphatic heterocycles. The quantitative estimate of drug-likeness (QED) is 0.354. The fraction of sp³-hybridized carbons (Fsp3) is 0.733. The molecule has 0 aromatic heterocycles. The molecule has 0 bridgehead atoms. The van der Waals surface area contributed by atoms with Crippen molar-refractivity contribution in [3.05, 3.63) is 0 Å². The van der Waals surface area contributed by atoms with Crippen molar-refractivity contribution >= 4 is 23.7 Å². The number of carboxylic acids is 1. The number of carboxylic acid groups (broad SMARTS) is 1. The third-order valence-corrected chi connectivity index (χ3v) is 3.84. The van der Waals surface area contributed by atoms with Crippen LogP contribution in [0.25, 0.3) is 0 Å². The molecule has 2 atom stereocenters. The van der Waals surface area contributed by atoms with Gasteiger partial charge in [0.05, 0.1) is 13.0 Å². The summed E-state index contributed by atoms with van der Waals surface area (Å²) in [5, 5.41) is 11.6. The van der Waals surface area contributed by atoms with Gasteiger partial charge in [-0.2, -0.15) is 0 Å². The molecule has 7 N–H and O–H groups in total. The summed E-state index contributed by atoms with van der Waals surface area (Å²) in [6, 6.07) is -2.95. The zero-order valence-electron chi connectivity index (χ0n) is 15.5. The summed E-state index contributed by atoms with van der Waals surface area (Å²) < 4.78 is 16.4. The number of nitrogens with one attached hydrogen (secondary N) is 2. The van der Waals surface area contributed by atoms with Gasteiger partial charge in [-0.15, -0.1) is 0 Å². The Morgan fingerprint density at radius 1 is 1.21 bits per heavy atom. The van der Waals surface area contributed by atoms with Crippen LogP contribution in [0.1, 0.15) is 46.3 Å². The van der Waals surface area contributed by atoms with Crippen LogP contribution in [0.4, 0.5) is 0 Å². The van der Waals surface area contributed by atoms with Gasteiger partial charge in [-0.3, -0.25) is 14.4 Å². The number of aliphatic carboxylic acids is 1. The van der Waals surface area contributed by atoms with E-state index in [2.05, 4.69) is 5.32 Å². The molecule has 1 fully saturated rings. The monoisotopic (exact) mass is 344 g/mol. The predicted molar refractivity (Wildman–Crippen MR) is 85.6 cm³/mol. The van der Waals surface area contributed by atoms with Gasteiger partial charge in [-0.05, 0) is 12.3 Å². The number of rotatable bonds is 9. The normalized spacial score (nSPS) is 20.0. The Balaban J connectivity index is 2.98. The SMILES string of the molecule is [2H]N(C(=O)CN)[C@@H](CC1([2H])CCCCC1)C(=O)N[C@@H](CC(N)=O)C(=O)O. The molecule has 24 heavy (non-hydrogen) atoms. The van der Waals surface area contributed by atoms with Crippen LogP contribution in [0, 0.1) is 5.89 Å². The summed E-state index contributed by atoms with van der Waals surface area (Å²) in [5.41, 5.74) is 10.2. The summed E-state index contributed by atoms with van der Waals surface area (Å²) >= 11 is 0. The summed E-state index contributed by atoms with van der Waals surface area (Å²) in [5.74, 6) is -5.12. The topological polar surface area (TPSA) is 165 Å². The Morgan fingerprint density at radius 3 is 2.33 bits per heavy atom. The molecule has 0 radical (unpaired) electrons. The van der Waals surface area contributed by atoms with E-state index >= 15 is 0 Å². The second kappa shape index (κ2) is 9.86. The van der Waals surface area contributed by atoms with E-state index in [0.717, 1.165) is 19.3 Å². The first-order valence-electron chi connectivity index (χ1n) is 8.87. The predicted octanol–water partition coefficient (Wildman–Crippen LogP) is -1.15. The van der Waals surface area contributed by atoms with Crippen LogP contribution in [-0.2, 0) is 19.2 Å². The van der Waals surface area contributed by atoms with E-state index in [9.17, 15) is 19.2 Å². The van der Waals surface area contributed by atoms with Gasteiger partial charge in [0.1, 0.15) is 12.1 Å². The molecule has 0 heterocycles. The van der Waals surface area contributed by atoms with E-state index in [1.165, 1.54) is 0 Å². The highest BCUT2D eigenvalue weighted by Crippen LogP contribution is 2.27. The summed E-state index contributed by atoms with van der Waals surface area (Å²) in [4.78, 5) is 46.5. The number of nitrogens with two attached hydrogens (primary N) is 2. The molecule has 9 nitrogen and oxygen atoms in total. The van der Waals surface area contributed by atoms with Crippen LogP contribution in [0.2, 0.25) is 1.41 Å². The minimum Gasteiger partial charge on any atom is -0.480 e. The second-order valence-corrected chi connectivity index (χ2v) is 5.83. The van der Waals surface area contributed by atoms with Crippen molar-refractivity contribution in [2.24, 2.45) is 17.4 Å². The first-order valence-corrected chi connectivity index (χ1v) is 7.92. The molecule has 0 aromatic carbocycles. The van der Waals surface area contributed by atoms with Gasteiger partial charge < -0.3 is 27.2 Å². The van der Waals surface area contributed by atoms with Gasteiger partial charge >= 0.3 is 5.97 Å². The highest BCUT2D eigenvalue weighted by atomic mass is 16.4. The molecule has 3 amide bonds. The number of carbonyl (C=O) groups is 4. The lowest BCUT2D eigenvalue weighted by molar-refractivity contribution is -0.143. The number of hydrogen-bond acceptors (Lipinski definition) is 5. The first kappa shape index (κ1) is 16.7. The van der Waals surface area contributed by atoms with Crippen molar-refractivity contribution in [1.29, 1.82) is 0 Å². The Labute approximate surface area is 143 Å². The maximum absolute atomic E-state index is 12.6. The average molecular weight is 344 g/mol. The lowest BCUT2D eigenvalue weighted by Gasteiger charge is -2.27. The third kappa shape index (κ3) is 6.95. The molecule has 1 rings (SSSR count). The van der Waals surface area contributed by atoms with Crippen molar-refractivity contribution in [3.8, 4) is 0 Å². The first-order chi connectivity index (χ1) is 12.1. The van der Waals surface area contributed by atoms with Gasteiger partial charge in [-0.1, -0.05) is 32.1 Å². The molecular weight excluding hydrogens is 316 g/mol. The van der Waals surface area contributed by atoms with E-state index in [0.29, 0.717) is 18.2 Å². The molecule has 9 heteroatoms. The molecule has 0 spiro atoms. The van der Waals surface area contributed by atoms with Crippen molar-refractivity contribution in [3.63, 3.8) is 0 Å². The Hall–Kier alpha value is -2.16. The molecule has 0 aromatic rings. The number of primary amides is 1. The van der Waals surface area contributed by atoms with Crippen LogP contribution in [0.3, 0.4) is 0 Å². The van der Waals surface area contributed by atoms with E-state index in [4.69, 9.17) is 19.4 Å². The fourth-order valence-electron chi connectivity index (χ4n) is 2.62. The Morgan fingerprint density at radius 2 is 1.83 bits per heavy atom. The molecular formula is C15H26N4O5. The van der Waals surface area contributed by atoms with Gasteiger partial charge in [0.25, 0.3) is 0 Å².